The van der Waals surface area contributed by atoms with Gasteiger partial charge < -0.3 is 10.4 Å². The van der Waals surface area contributed by atoms with Crippen LogP contribution < -0.4 is 5.32 Å². The van der Waals surface area contributed by atoms with E-state index in [9.17, 15) is 5.11 Å². The van der Waals surface area contributed by atoms with E-state index in [-0.39, 0.29) is 6.61 Å². The van der Waals surface area contributed by atoms with Crippen LogP contribution in [-0.2, 0) is 6.54 Å². The molecule has 1 unspecified atom stereocenters. The second-order valence-corrected chi connectivity index (χ2v) is 5.33. The summed E-state index contributed by atoms with van der Waals surface area (Å²) in [4.78, 5) is 1.35. The van der Waals surface area contributed by atoms with Crippen molar-refractivity contribution in [1.82, 2.24) is 5.32 Å². The Labute approximate surface area is 95.3 Å². The molecule has 1 aromatic rings. The van der Waals surface area contributed by atoms with Crippen molar-refractivity contribution < 1.29 is 5.11 Å². The van der Waals surface area contributed by atoms with Crippen molar-refractivity contribution in [3.8, 4) is 0 Å². The van der Waals surface area contributed by atoms with Gasteiger partial charge in [0.1, 0.15) is 0 Å². The lowest BCUT2D eigenvalue weighted by molar-refractivity contribution is 0.198. The van der Waals surface area contributed by atoms with Gasteiger partial charge in [0.2, 0.25) is 0 Å². The lowest BCUT2D eigenvalue weighted by Crippen LogP contribution is -2.37. The van der Waals surface area contributed by atoms with Gasteiger partial charge in [0.05, 0.1) is 6.61 Å². The van der Waals surface area contributed by atoms with E-state index in [1.165, 1.54) is 30.6 Å². The van der Waals surface area contributed by atoms with Crippen molar-refractivity contribution in [3.63, 3.8) is 0 Å². The molecule has 0 saturated heterocycles. The molecule has 0 spiro atoms. The molecular formula is C12H19NOS. The molecule has 1 aromatic heterocycles. The molecule has 0 amide bonds. The summed E-state index contributed by atoms with van der Waals surface area (Å²) in [5.41, 5.74) is 0. The third-order valence-electron chi connectivity index (χ3n) is 3.28. The van der Waals surface area contributed by atoms with Gasteiger partial charge in [-0.25, -0.2) is 0 Å². The summed E-state index contributed by atoms with van der Waals surface area (Å²) < 4.78 is 0. The number of rotatable bonds is 5. The van der Waals surface area contributed by atoms with Crippen LogP contribution in [0.2, 0.25) is 0 Å². The largest absolute Gasteiger partial charge is 0.395 e. The van der Waals surface area contributed by atoms with Gasteiger partial charge in [-0.1, -0.05) is 18.9 Å². The monoisotopic (exact) mass is 225 g/mol. The van der Waals surface area contributed by atoms with E-state index in [2.05, 4.69) is 22.8 Å². The predicted molar refractivity (Wildman–Crippen MR) is 64.0 cm³/mol. The standard InChI is InChI=1S/C12H19NOS/c14-9-12(10-4-1-2-5-10)13-8-11-6-3-7-15-11/h3,6-7,10,12-14H,1-2,4-5,8-9H2. The highest BCUT2D eigenvalue weighted by Crippen LogP contribution is 2.27. The average molecular weight is 225 g/mol. The van der Waals surface area contributed by atoms with E-state index in [0.717, 1.165) is 6.54 Å². The normalized spacial score (nSPS) is 19.5. The first-order valence-electron chi connectivity index (χ1n) is 5.77. The highest BCUT2D eigenvalue weighted by molar-refractivity contribution is 7.09. The summed E-state index contributed by atoms with van der Waals surface area (Å²) in [5, 5.41) is 14.9. The molecule has 0 bridgehead atoms. The number of aliphatic hydroxyl groups is 1. The van der Waals surface area contributed by atoms with Gasteiger partial charge >= 0.3 is 0 Å². The Kier molecular flexibility index (Phi) is 4.18. The van der Waals surface area contributed by atoms with E-state index < -0.39 is 0 Å². The molecule has 0 aliphatic heterocycles. The minimum absolute atomic E-state index is 0.274. The zero-order chi connectivity index (χ0) is 10.5. The molecule has 84 valence electrons. The van der Waals surface area contributed by atoms with Crippen molar-refractivity contribution in [1.29, 1.82) is 0 Å². The Hall–Kier alpha value is -0.380. The maximum absolute atomic E-state index is 9.36. The lowest BCUT2D eigenvalue weighted by Gasteiger charge is -2.22. The Morgan fingerprint density at radius 3 is 2.87 bits per heavy atom. The minimum atomic E-state index is 0.274. The van der Waals surface area contributed by atoms with Crippen LogP contribution in [0.4, 0.5) is 0 Å². The molecule has 3 heteroatoms. The van der Waals surface area contributed by atoms with Crippen LogP contribution in [0.15, 0.2) is 17.5 Å². The summed E-state index contributed by atoms with van der Waals surface area (Å²) in [6.45, 7) is 1.18. The molecule has 1 aliphatic rings. The number of nitrogens with one attached hydrogen (secondary N) is 1. The van der Waals surface area contributed by atoms with E-state index in [0.29, 0.717) is 12.0 Å². The molecule has 0 aromatic carbocycles. The summed E-state index contributed by atoms with van der Waals surface area (Å²) in [5.74, 6) is 0.690. The topological polar surface area (TPSA) is 32.3 Å². The van der Waals surface area contributed by atoms with E-state index in [1.807, 2.05) is 0 Å². The van der Waals surface area contributed by atoms with Crippen LogP contribution in [0.25, 0.3) is 0 Å². The van der Waals surface area contributed by atoms with E-state index in [1.54, 1.807) is 11.3 Å². The molecule has 1 heterocycles. The molecular weight excluding hydrogens is 206 g/mol. The lowest BCUT2D eigenvalue weighted by atomic mass is 9.99. The van der Waals surface area contributed by atoms with Crippen molar-refractivity contribution in [2.75, 3.05) is 6.61 Å². The molecule has 2 rings (SSSR count). The van der Waals surface area contributed by atoms with Gasteiger partial charge in [0.15, 0.2) is 0 Å². The van der Waals surface area contributed by atoms with E-state index in [4.69, 9.17) is 0 Å². The number of hydrogen-bond donors (Lipinski definition) is 2. The smallest absolute Gasteiger partial charge is 0.0587 e. The Morgan fingerprint density at radius 1 is 1.47 bits per heavy atom. The Balaban J connectivity index is 1.80. The first-order valence-corrected chi connectivity index (χ1v) is 6.64. The second-order valence-electron chi connectivity index (χ2n) is 4.29. The fourth-order valence-electron chi connectivity index (χ4n) is 2.38. The van der Waals surface area contributed by atoms with Gasteiger partial charge in [0, 0.05) is 17.5 Å². The fourth-order valence-corrected chi connectivity index (χ4v) is 3.04. The average Bonchev–Trinajstić information content (AvgIpc) is 2.90. The van der Waals surface area contributed by atoms with E-state index >= 15 is 0 Å². The zero-order valence-electron chi connectivity index (χ0n) is 8.98. The number of hydrogen-bond acceptors (Lipinski definition) is 3. The maximum Gasteiger partial charge on any atom is 0.0587 e. The quantitative estimate of drug-likeness (QED) is 0.806. The van der Waals surface area contributed by atoms with Gasteiger partial charge in [-0.15, -0.1) is 11.3 Å². The molecule has 1 aliphatic carbocycles. The first kappa shape index (κ1) is 11.1. The van der Waals surface area contributed by atoms with Crippen LogP contribution in [0.1, 0.15) is 30.6 Å². The minimum Gasteiger partial charge on any atom is -0.395 e. The molecule has 2 nitrogen and oxygen atoms in total. The second kappa shape index (κ2) is 5.64. The van der Waals surface area contributed by atoms with Gasteiger partial charge in [0.25, 0.3) is 0 Å². The van der Waals surface area contributed by atoms with Gasteiger partial charge in [-0.05, 0) is 30.2 Å². The SMILES string of the molecule is OCC(NCc1cccs1)C1CCCC1. The molecule has 1 fully saturated rings. The van der Waals surface area contributed by atoms with Crippen molar-refractivity contribution in [2.45, 2.75) is 38.3 Å². The molecule has 0 radical (unpaired) electrons. The summed E-state index contributed by atoms with van der Waals surface area (Å²) in [7, 11) is 0. The fraction of sp³-hybridized carbons (Fsp3) is 0.667. The summed E-state index contributed by atoms with van der Waals surface area (Å²) >= 11 is 1.77. The van der Waals surface area contributed by atoms with Crippen LogP contribution in [-0.4, -0.2) is 17.8 Å². The van der Waals surface area contributed by atoms with Crippen LogP contribution >= 0.6 is 11.3 Å². The number of thiophene rings is 1. The van der Waals surface area contributed by atoms with Crippen molar-refractivity contribution in [2.24, 2.45) is 5.92 Å². The maximum atomic E-state index is 9.36. The first-order chi connectivity index (χ1) is 7.40. The van der Waals surface area contributed by atoms with Crippen LogP contribution in [0, 0.1) is 5.92 Å². The third kappa shape index (κ3) is 3.03. The van der Waals surface area contributed by atoms with Crippen LogP contribution in [0.5, 0.6) is 0 Å². The van der Waals surface area contributed by atoms with Crippen LogP contribution in [0.3, 0.4) is 0 Å². The Bertz CT molecular complexity index is 267. The summed E-state index contributed by atoms with van der Waals surface area (Å²) in [6, 6.07) is 4.51. The molecule has 15 heavy (non-hydrogen) atoms. The van der Waals surface area contributed by atoms with Crippen molar-refractivity contribution in [3.05, 3.63) is 22.4 Å². The molecule has 1 atom stereocenters. The zero-order valence-corrected chi connectivity index (χ0v) is 9.80. The molecule has 1 saturated carbocycles. The third-order valence-corrected chi connectivity index (χ3v) is 4.16. The highest BCUT2D eigenvalue weighted by Gasteiger charge is 2.23. The predicted octanol–water partition coefficient (Wildman–Crippen LogP) is 2.39. The van der Waals surface area contributed by atoms with Gasteiger partial charge in [-0.2, -0.15) is 0 Å². The van der Waals surface area contributed by atoms with Crippen molar-refractivity contribution >= 4 is 11.3 Å². The Morgan fingerprint density at radius 2 is 2.27 bits per heavy atom. The van der Waals surface area contributed by atoms with Gasteiger partial charge in [-0.3, -0.25) is 0 Å². The highest BCUT2D eigenvalue weighted by atomic mass is 32.1. The molecule has 2 N–H and O–H groups in total. The summed E-state index contributed by atoms with van der Waals surface area (Å²) in [6.07, 6.45) is 5.23. The number of aliphatic hydroxyl groups excluding tert-OH is 1.